The molecular weight excluding hydrogens is 406 g/mol. The lowest BCUT2D eigenvalue weighted by molar-refractivity contribution is -0.119. The topological polar surface area (TPSA) is 72.7 Å². The molecule has 2 aliphatic carbocycles. The Bertz CT molecular complexity index is 1040. The predicted octanol–water partition coefficient (Wildman–Crippen LogP) is 4.36. The van der Waals surface area contributed by atoms with Gasteiger partial charge in [0.15, 0.2) is 11.0 Å². The van der Waals surface area contributed by atoms with Crippen molar-refractivity contribution in [3.63, 3.8) is 0 Å². The lowest BCUT2D eigenvalue weighted by Crippen LogP contribution is -2.40. The number of para-hydroxylation sites is 1. The van der Waals surface area contributed by atoms with E-state index in [0.29, 0.717) is 16.8 Å². The maximum Gasteiger partial charge on any atom is 0.230 e. The third-order valence-corrected chi connectivity index (χ3v) is 7.67. The molecule has 2 aliphatic rings. The van der Waals surface area contributed by atoms with Gasteiger partial charge >= 0.3 is 0 Å². The Balaban J connectivity index is 1.30. The summed E-state index contributed by atoms with van der Waals surface area (Å²) in [7, 11) is 0. The zero-order valence-electron chi connectivity index (χ0n) is 17.6. The second-order valence-corrected chi connectivity index (χ2v) is 9.64. The summed E-state index contributed by atoms with van der Waals surface area (Å²) in [5, 5.41) is 12.8. The Labute approximate surface area is 186 Å². The van der Waals surface area contributed by atoms with E-state index in [1.807, 2.05) is 47.0 Å². The lowest BCUT2D eigenvalue weighted by Gasteiger charge is -2.28. The summed E-state index contributed by atoms with van der Waals surface area (Å²) >= 11 is 1.43. The Morgan fingerprint density at radius 1 is 1.13 bits per heavy atom. The number of pyridine rings is 1. The van der Waals surface area contributed by atoms with E-state index in [2.05, 4.69) is 27.4 Å². The largest absolute Gasteiger partial charge is 0.353 e. The van der Waals surface area contributed by atoms with Crippen LogP contribution in [-0.2, 0) is 4.79 Å². The molecule has 31 heavy (non-hydrogen) atoms. The fraction of sp³-hybridized carbons (Fsp3) is 0.417. The third-order valence-electron chi connectivity index (χ3n) is 6.74. The number of rotatable bonds is 7. The van der Waals surface area contributed by atoms with E-state index in [1.54, 1.807) is 12.4 Å². The van der Waals surface area contributed by atoms with Gasteiger partial charge in [-0.2, -0.15) is 0 Å². The molecular formula is C24H27N5OS. The molecule has 1 aromatic carbocycles. The van der Waals surface area contributed by atoms with Gasteiger partial charge in [0.1, 0.15) is 0 Å². The number of carbonyl (C=O) groups is 1. The predicted molar refractivity (Wildman–Crippen MR) is 122 cm³/mol. The van der Waals surface area contributed by atoms with E-state index >= 15 is 0 Å². The summed E-state index contributed by atoms with van der Waals surface area (Å²) in [6, 6.07) is 14.1. The highest BCUT2D eigenvalue weighted by molar-refractivity contribution is 7.99. The number of carbonyl (C=O) groups excluding carboxylic acids is 1. The van der Waals surface area contributed by atoms with E-state index < -0.39 is 0 Å². The smallest absolute Gasteiger partial charge is 0.230 e. The second-order valence-electron chi connectivity index (χ2n) is 8.70. The summed E-state index contributed by atoms with van der Waals surface area (Å²) in [4.78, 5) is 16.8. The summed E-state index contributed by atoms with van der Waals surface area (Å²) in [5.74, 6) is 3.46. The molecule has 5 rings (SSSR count). The molecule has 7 heteroatoms. The molecule has 2 bridgehead atoms. The van der Waals surface area contributed by atoms with Crippen molar-refractivity contribution in [1.29, 1.82) is 0 Å². The minimum atomic E-state index is 0.0633. The number of hydrogen-bond donors (Lipinski definition) is 1. The van der Waals surface area contributed by atoms with Gasteiger partial charge in [-0.05, 0) is 68.2 Å². The van der Waals surface area contributed by atoms with Crippen molar-refractivity contribution in [3.05, 3.63) is 54.9 Å². The van der Waals surface area contributed by atoms with Crippen molar-refractivity contribution in [1.82, 2.24) is 25.1 Å². The molecule has 4 unspecified atom stereocenters. The van der Waals surface area contributed by atoms with E-state index in [0.717, 1.165) is 28.9 Å². The first-order chi connectivity index (χ1) is 15.2. The molecule has 1 amide bonds. The molecule has 3 aromatic rings. The van der Waals surface area contributed by atoms with Crippen molar-refractivity contribution >= 4 is 17.7 Å². The summed E-state index contributed by atoms with van der Waals surface area (Å²) in [6.07, 6.45) is 8.84. The standard InChI is InChI=1S/C24H27N5OS/c1-16(21-14-17-7-8-19(21)13-17)26-22(30)15-31-24-28-27-23(18-9-11-25-12-10-18)29(24)20-5-3-2-4-6-20/h2-6,9-12,16-17,19,21H,7-8,13-15H2,1H3,(H,26,30). The van der Waals surface area contributed by atoms with Crippen LogP contribution >= 0.6 is 11.8 Å². The van der Waals surface area contributed by atoms with Crippen LogP contribution in [0.4, 0.5) is 0 Å². The fourth-order valence-corrected chi connectivity index (χ4v) is 6.06. The Morgan fingerprint density at radius 2 is 1.94 bits per heavy atom. The highest BCUT2D eigenvalue weighted by Crippen LogP contribution is 2.49. The maximum atomic E-state index is 12.7. The van der Waals surface area contributed by atoms with E-state index in [4.69, 9.17) is 0 Å². The third kappa shape index (κ3) is 4.24. The summed E-state index contributed by atoms with van der Waals surface area (Å²) in [6.45, 7) is 2.17. The van der Waals surface area contributed by atoms with E-state index in [-0.39, 0.29) is 11.9 Å². The molecule has 0 saturated heterocycles. The number of nitrogens with zero attached hydrogens (tertiary/aromatic N) is 4. The Kier molecular flexibility index (Phi) is 5.76. The molecule has 0 radical (unpaired) electrons. The van der Waals surface area contributed by atoms with Gasteiger partial charge in [-0.1, -0.05) is 36.4 Å². The first-order valence-corrected chi connectivity index (χ1v) is 12.0. The number of benzene rings is 1. The summed E-state index contributed by atoms with van der Waals surface area (Å²) in [5.41, 5.74) is 1.91. The second kappa shape index (κ2) is 8.83. The van der Waals surface area contributed by atoms with E-state index in [9.17, 15) is 4.79 Å². The van der Waals surface area contributed by atoms with Crippen LogP contribution in [0, 0.1) is 17.8 Å². The van der Waals surface area contributed by atoms with Crippen LogP contribution in [0.3, 0.4) is 0 Å². The molecule has 160 valence electrons. The van der Waals surface area contributed by atoms with Crippen LogP contribution in [0.25, 0.3) is 17.1 Å². The summed E-state index contributed by atoms with van der Waals surface area (Å²) < 4.78 is 2.01. The first kappa shape index (κ1) is 20.2. The SMILES string of the molecule is CC(NC(=O)CSc1nnc(-c2ccncc2)n1-c1ccccc1)C1CC2CCC1C2. The van der Waals surface area contributed by atoms with E-state index in [1.165, 1.54) is 37.4 Å². The van der Waals surface area contributed by atoms with Gasteiger partial charge in [-0.25, -0.2) is 0 Å². The highest BCUT2D eigenvalue weighted by atomic mass is 32.2. The van der Waals surface area contributed by atoms with Crippen LogP contribution in [0.15, 0.2) is 60.0 Å². The highest BCUT2D eigenvalue weighted by Gasteiger charge is 2.42. The lowest BCUT2D eigenvalue weighted by atomic mass is 9.84. The van der Waals surface area contributed by atoms with Crippen LogP contribution in [0.5, 0.6) is 0 Å². The number of amides is 1. The molecule has 2 aromatic heterocycles. The van der Waals surface area contributed by atoms with Gasteiger partial charge in [0, 0.05) is 29.7 Å². The number of nitrogens with one attached hydrogen (secondary N) is 1. The Hall–Kier alpha value is -2.67. The molecule has 0 aliphatic heterocycles. The average molecular weight is 434 g/mol. The van der Waals surface area contributed by atoms with Crippen LogP contribution in [-0.4, -0.2) is 37.5 Å². The molecule has 2 saturated carbocycles. The van der Waals surface area contributed by atoms with Crippen molar-refractivity contribution in [2.45, 2.75) is 43.8 Å². The van der Waals surface area contributed by atoms with Gasteiger partial charge in [-0.15, -0.1) is 10.2 Å². The first-order valence-electron chi connectivity index (χ1n) is 11.0. The van der Waals surface area contributed by atoms with Crippen molar-refractivity contribution in [2.75, 3.05) is 5.75 Å². The van der Waals surface area contributed by atoms with Crippen LogP contribution in [0.1, 0.15) is 32.6 Å². The minimum Gasteiger partial charge on any atom is -0.353 e. The van der Waals surface area contributed by atoms with Crippen molar-refractivity contribution in [2.24, 2.45) is 17.8 Å². The molecule has 2 heterocycles. The van der Waals surface area contributed by atoms with Crippen LogP contribution < -0.4 is 5.32 Å². The molecule has 1 N–H and O–H groups in total. The van der Waals surface area contributed by atoms with Crippen molar-refractivity contribution < 1.29 is 4.79 Å². The Morgan fingerprint density at radius 3 is 2.65 bits per heavy atom. The molecule has 0 spiro atoms. The quantitative estimate of drug-likeness (QED) is 0.561. The fourth-order valence-electron chi connectivity index (χ4n) is 5.30. The van der Waals surface area contributed by atoms with Gasteiger partial charge in [-0.3, -0.25) is 14.3 Å². The number of fused-ring (bicyclic) bond motifs is 2. The number of hydrogen-bond acceptors (Lipinski definition) is 5. The minimum absolute atomic E-state index is 0.0633. The monoisotopic (exact) mass is 433 g/mol. The number of aromatic nitrogens is 4. The molecule has 2 fully saturated rings. The van der Waals surface area contributed by atoms with Gasteiger partial charge in [0.05, 0.1) is 5.75 Å². The van der Waals surface area contributed by atoms with Gasteiger partial charge in [0.25, 0.3) is 0 Å². The number of thioether (sulfide) groups is 1. The molecule has 6 nitrogen and oxygen atoms in total. The molecule has 4 atom stereocenters. The zero-order valence-corrected chi connectivity index (χ0v) is 18.5. The van der Waals surface area contributed by atoms with Gasteiger partial charge < -0.3 is 5.32 Å². The maximum absolute atomic E-state index is 12.7. The zero-order chi connectivity index (χ0) is 21.2. The average Bonchev–Trinajstić information content (AvgIpc) is 3.54. The van der Waals surface area contributed by atoms with Crippen LogP contribution in [0.2, 0.25) is 0 Å². The van der Waals surface area contributed by atoms with Crippen molar-refractivity contribution in [3.8, 4) is 17.1 Å². The normalized spacial score (nSPS) is 23.1. The van der Waals surface area contributed by atoms with Gasteiger partial charge in [0.2, 0.25) is 5.91 Å².